The summed E-state index contributed by atoms with van der Waals surface area (Å²) >= 11 is 0. The third-order valence-electron chi connectivity index (χ3n) is 16.2. The van der Waals surface area contributed by atoms with E-state index in [-0.39, 0.29) is 0 Å². The Bertz CT molecular complexity index is 4360. The molecule has 0 saturated heterocycles. The van der Waals surface area contributed by atoms with E-state index in [1.807, 2.05) is 0 Å². The number of fused-ring (bicyclic) bond motifs is 12. The number of anilines is 6. The summed E-state index contributed by atoms with van der Waals surface area (Å²) in [6.45, 7) is 0. The van der Waals surface area contributed by atoms with E-state index < -0.39 is 5.41 Å². The van der Waals surface area contributed by atoms with E-state index in [2.05, 4.69) is 313 Å². The van der Waals surface area contributed by atoms with Gasteiger partial charge in [-0.1, -0.05) is 231 Å². The van der Waals surface area contributed by atoms with Gasteiger partial charge >= 0.3 is 0 Å². The monoisotopic (exact) mass is 978 g/mol. The maximum atomic E-state index is 2.52. The highest BCUT2D eigenvalue weighted by molar-refractivity contribution is 6.01. The van der Waals surface area contributed by atoms with E-state index in [9.17, 15) is 0 Å². The third kappa shape index (κ3) is 7.25. The summed E-state index contributed by atoms with van der Waals surface area (Å²) in [5.74, 6) is 0. The van der Waals surface area contributed by atoms with Crippen LogP contribution in [0.3, 0.4) is 0 Å². The Morgan fingerprint density at radius 1 is 0.195 bits per heavy atom. The van der Waals surface area contributed by atoms with Crippen molar-refractivity contribution in [3.8, 4) is 55.6 Å². The number of benzene rings is 13. The largest absolute Gasteiger partial charge is 0.310 e. The van der Waals surface area contributed by atoms with Gasteiger partial charge in [-0.3, -0.25) is 0 Å². The molecule has 0 fully saturated rings. The molecule has 0 bridgehead atoms. The van der Waals surface area contributed by atoms with E-state index >= 15 is 0 Å². The molecular formula is C75H50N2. The molecular weight excluding hydrogens is 929 g/mol. The average Bonchev–Trinajstić information content (AvgIpc) is 3.78. The lowest BCUT2D eigenvalue weighted by atomic mass is 9.70. The van der Waals surface area contributed by atoms with Crippen molar-refractivity contribution < 1.29 is 0 Å². The zero-order chi connectivity index (χ0) is 50.9. The average molecular weight is 979 g/mol. The molecule has 0 aliphatic heterocycles. The van der Waals surface area contributed by atoms with E-state index in [4.69, 9.17) is 0 Å². The topological polar surface area (TPSA) is 6.48 Å². The molecule has 13 aromatic rings. The molecule has 0 heterocycles. The maximum Gasteiger partial charge on any atom is 0.0727 e. The SMILES string of the molecule is c1ccc(-c2ccc(-c3cc4ccccc4cc3N(c3ccccc3)c3ccc4c(c3)C3(c5ccccc5-c5ccc(N(c6ccc(-c7ccccc7)cc6)c6ccc7ccccc7c6)cc53)c3ccccc3-4)cc2)cc1. The zero-order valence-electron chi connectivity index (χ0n) is 42.3. The first kappa shape index (κ1) is 44.5. The van der Waals surface area contributed by atoms with Gasteiger partial charge in [0.05, 0.1) is 11.1 Å². The van der Waals surface area contributed by atoms with Crippen molar-refractivity contribution >= 4 is 55.7 Å². The molecule has 0 amide bonds. The van der Waals surface area contributed by atoms with Crippen LogP contribution in [0.5, 0.6) is 0 Å². The summed E-state index contributed by atoms with van der Waals surface area (Å²) in [5, 5.41) is 4.81. The van der Waals surface area contributed by atoms with Gasteiger partial charge in [-0.15, -0.1) is 0 Å². The van der Waals surface area contributed by atoms with Crippen LogP contribution in [0, 0.1) is 0 Å². The highest BCUT2D eigenvalue weighted by atomic mass is 15.1. The van der Waals surface area contributed by atoms with Crippen molar-refractivity contribution in [3.05, 3.63) is 326 Å². The summed E-state index contributed by atoms with van der Waals surface area (Å²) < 4.78 is 0. The Balaban J connectivity index is 0.949. The lowest BCUT2D eigenvalue weighted by Gasteiger charge is -2.34. The van der Waals surface area contributed by atoms with Gasteiger partial charge < -0.3 is 9.80 Å². The molecule has 0 radical (unpaired) electrons. The third-order valence-corrected chi connectivity index (χ3v) is 16.2. The van der Waals surface area contributed by atoms with Crippen LogP contribution >= 0.6 is 0 Å². The number of nitrogens with zero attached hydrogens (tertiary/aromatic N) is 2. The van der Waals surface area contributed by atoms with Gasteiger partial charge in [0.2, 0.25) is 0 Å². The minimum absolute atomic E-state index is 0.627. The van der Waals surface area contributed by atoms with Gasteiger partial charge in [0, 0.05) is 34.0 Å². The Labute approximate surface area is 449 Å². The molecule has 1 unspecified atom stereocenters. The normalized spacial score (nSPS) is 13.8. The number of hydrogen-bond donors (Lipinski definition) is 0. The Hall–Kier alpha value is -10.0. The van der Waals surface area contributed by atoms with Crippen LogP contribution in [-0.4, -0.2) is 0 Å². The van der Waals surface area contributed by atoms with Crippen molar-refractivity contribution in [1.82, 2.24) is 0 Å². The molecule has 1 spiro atoms. The predicted octanol–water partition coefficient (Wildman–Crippen LogP) is 20.3. The van der Waals surface area contributed by atoms with Crippen LogP contribution in [-0.2, 0) is 5.41 Å². The summed E-state index contributed by atoms with van der Waals surface area (Å²) in [6.07, 6.45) is 0. The van der Waals surface area contributed by atoms with Gasteiger partial charge in [-0.05, 0) is 167 Å². The molecule has 2 aliphatic rings. The van der Waals surface area contributed by atoms with Gasteiger partial charge in [0.1, 0.15) is 0 Å². The van der Waals surface area contributed by atoms with Crippen LogP contribution in [0.25, 0.3) is 77.2 Å². The maximum absolute atomic E-state index is 2.52. The van der Waals surface area contributed by atoms with E-state index in [0.29, 0.717) is 0 Å². The van der Waals surface area contributed by atoms with Crippen molar-refractivity contribution in [2.45, 2.75) is 5.41 Å². The molecule has 0 saturated carbocycles. The first-order chi connectivity index (χ1) is 38.2. The fourth-order valence-electron chi connectivity index (χ4n) is 12.7. The Morgan fingerprint density at radius 2 is 0.571 bits per heavy atom. The minimum Gasteiger partial charge on any atom is -0.310 e. The first-order valence-electron chi connectivity index (χ1n) is 26.6. The highest BCUT2D eigenvalue weighted by Crippen LogP contribution is 2.64. The second kappa shape index (κ2) is 18.1. The molecule has 360 valence electrons. The summed E-state index contributed by atoms with van der Waals surface area (Å²) in [4.78, 5) is 4.93. The van der Waals surface area contributed by atoms with Crippen molar-refractivity contribution in [3.63, 3.8) is 0 Å². The zero-order valence-corrected chi connectivity index (χ0v) is 42.3. The second-order valence-electron chi connectivity index (χ2n) is 20.4. The molecule has 1 atom stereocenters. The number of para-hydroxylation sites is 1. The van der Waals surface area contributed by atoms with Crippen LogP contribution in [0.2, 0.25) is 0 Å². The molecule has 2 nitrogen and oxygen atoms in total. The minimum atomic E-state index is -0.627. The number of hydrogen-bond acceptors (Lipinski definition) is 2. The van der Waals surface area contributed by atoms with Gasteiger partial charge in [0.15, 0.2) is 0 Å². The van der Waals surface area contributed by atoms with Crippen LogP contribution in [0.15, 0.2) is 303 Å². The van der Waals surface area contributed by atoms with Crippen LogP contribution in [0.1, 0.15) is 22.3 Å². The van der Waals surface area contributed by atoms with E-state index in [1.54, 1.807) is 0 Å². The number of rotatable bonds is 9. The lowest BCUT2D eigenvalue weighted by molar-refractivity contribution is 0.793. The smallest absolute Gasteiger partial charge is 0.0727 e. The molecule has 77 heavy (non-hydrogen) atoms. The first-order valence-corrected chi connectivity index (χ1v) is 26.6. The fourth-order valence-corrected chi connectivity index (χ4v) is 12.7. The Kier molecular flexibility index (Phi) is 10.5. The molecule has 0 N–H and O–H groups in total. The van der Waals surface area contributed by atoms with Gasteiger partial charge in [-0.25, -0.2) is 0 Å². The van der Waals surface area contributed by atoms with Gasteiger partial charge in [0.25, 0.3) is 0 Å². The van der Waals surface area contributed by atoms with Crippen molar-refractivity contribution in [1.29, 1.82) is 0 Å². The lowest BCUT2D eigenvalue weighted by Crippen LogP contribution is -2.26. The highest BCUT2D eigenvalue weighted by Gasteiger charge is 2.52. The van der Waals surface area contributed by atoms with E-state index in [0.717, 1.165) is 45.3 Å². The van der Waals surface area contributed by atoms with Crippen molar-refractivity contribution in [2.75, 3.05) is 9.80 Å². The second-order valence-corrected chi connectivity index (χ2v) is 20.4. The Morgan fingerprint density at radius 3 is 1.16 bits per heavy atom. The van der Waals surface area contributed by atoms with Crippen LogP contribution in [0.4, 0.5) is 34.1 Å². The van der Waals surface area contributed by atoms with Crippen LogP contribution < -0.4 is 9.80 Å². The quantitative estimate of drug-likeness (QED) is 0.142. The van der Waals surface area contributed by atoms with Gasteiger partial charge in [-0.2, -0.15) is 0 Å². The predicted molar refractivity (Wildman–Crippen MR) is 323 cm³/mol. The van der Waals surface area contributed by atoms with Crippen molar-refractivity contribution in [2.24, 2.45) is 0 Å². The molecule has 2 heteroatoms. The molecule has 13 aromatic carbocycles. The standard InChI is InChI=1S/C75H50N2/c1-4-18-51(19-5-1)54-32-34-56(35-33-54)69-47-58-24-12-13-25-59(58)48-74(69)77(60-26-8-3-9-27-60)64-43-45-68-66-29-15-17-31-71(66)75(73(68)50-64)70-30-16-14-28-65(70)67-44-42-63(49-72(67)75)76(62-41-38-53-22-10-11-23-57(53)46-62)61-39-36-55(37-40-61)52-20-6-2-7-21-52/h1-50H. The molecule has 15 rings (SSSR count). The summed E-state index contributed by atoms with van der Waals surface area (Å²) in [5.41, 5.74) is 23.3. The molecule has 0 aromatic heterocycles. The summed E-state index contributed by atoms with van der Waals surface area (Å²) in [6, 6.07) is 112. The summed E-state index contributed by atoms with van der Waals surface area (Å²) in [7, 11) is 0. The molecule has 2 aliphatic carbocycles. The van der Waals surface area contributed by atoms with E-state index in [1.165, 1.54) is 88.3 Å². The fraction of sp³-hybridized carbons (Fsp3) is 0.0133.